The molecule has 0 aliphatic heterocycles. The van der Waals surface area contributed by atoms with Crippen LogP contribution in [0.5, 0.6) is 11.6 Å². The molecular formula is C28H36FN3O2. The standard InChI is InChI=1S/C28H36FN3O2/c1-3-5-11-24(33)19-31(18-21-12-13-21)20-26-27(4-2)30-32(23-9-7-6-8-10-23)28(26)34-25-16-14-22(29)15-17-25/h6-10,14-17,21,24,33H,3-5,11-13,18-20H2,1-2H3. The molecular weight excluding hydrogens is 429 g/mol. The average molecular weight is 466 g/mol. The van der Waals surface area contributed by atoms with E-state index in [0.29, 0.717) is 30.6 Å². The minimum Gasteiger partial charge on any atom is -0.439 e. The average Bonchev–Trinajstić information content (AvgIpc) is 3.60. The molecule has 1 aromatic heterocycles. The van der Waals surface area contributed by atoms with Crippen LogP contribution in [0.3, 0.4) is 0 Å². The first-order valence-electron chi connectivity index (χ1n) is 12.6. The number of ether oxygens (including phenoxy) is 1. The summed E-state index contributed by atoms with van der Waals surface area (Å²) in [5, 5.41) is 15.6. The lowest BCUT2D eigenvalue weighted by Gasteiger charge is -2.25. The Morgan fingerprint density at radius 3 is 2.50 bits per heavy atom. The van der Waals surface area contributed by atoms with E-state index in [0.717, 1.165) is 49.2 Å². The Balaban J connectivity index is 1.68. The van der Waals surface area contributed by atoms with E-state index < -0.39 is 0 Å². The number of rotatable bonds is 13. The van der Waals surface area contributed by atoms with Gasteiger partial charge in [-0.2, -0.15) is 5.10 Å². The predicted octanol–water partition coefficient (Wildman–Crippen LogP) is 6.13. The highest BCUT2D eigenvalue weighted by Crippen LogP contribution is 2.34. The van der Waals surface area contributed by atoms with Crippen LogP contribution in [0.1, 0.15) is 57.2 Å². The van der Waals surface area contributed by atoms with Gasteiger partial charge >= 0.3 is 0 Å². The van der Waals surface area contributed by atoms with E-state index in [9.17, 15) is 9.50 Å². The smallest absolute Gasteiger partial charge is 0.227 e. The molecule has 1 heterocycles. The lowest BCUT2D eigenvalue weighted by atomic mass is 10.1. The van der Waals surface area contributed by atoms with Crippen molar-refractivity contribution in [1.29, 1.82) is 0 Å². The van der Waals surface area contributed by atoms with Gasteiger partial charge in [0.1, 0.15) is 11.6 Å². The quantitative estimate of drug-likeness (QED) is 0.330. The number of unbranched alkanes of at least 4 members (excludes halogenated alkanes) is 1. The lowest BCUT2D eigenvalue weighted by molar-refractivity contribution is 0.0965. The molecule has 4 rings (SSSR count). The molecule has 0 saturated heterocycles. The third kappa shape index (κ3) is 6.45. The van der Waals surface area contributed by atoms with Crippen LogP contribution in [-0.4, -0.2) is 39.0 Å². The number of hydrogen-bond acceptors (Lipinski definition) is 4. The molecule has 0 bridgehead atoms. The third-order valence-electron chi connectivity index (χ3n) is 6.34. The Bertz CT molecular complexity index is 1030. The molecule has 1 aliphatic rings. The van der Waals surface area contributed by atoms with Gasteiger partial charge in [-0.25, -0.2) is 9.07 Å². The Labute approximate surface area is 202 Å². The van der Waals surface area contributed by atoms with Crippen molar-refractivity contribution in [3.63, 3.8) is 0 Å². The molecule has 1 saturated carbocycles. The van der Waals surface area contributed by atoms with E-state index in [4.69, 9.17) is 9.84 Å². The van der Waals surface area contributed by atoms with Crippen molar-refractivity contribution < 1.29 is 14.2 Å². The van der Waals surface area contributed by atoms with Gasteiger partial charge in [0.15, 0.2) is 0 Å². The van der Waals surface area contributed by atoms with Gasteiger partial charge in [-0.05, 0) is 68.0 Å². The van der Waals surface area contributed by atoms with Crippen molar-refractivity contribution in [3.8, 4) is 17.3 Å². The minimum atomic E-state index is -0.339. The van der Waals surface area contributed by atoms with Crippen LogP contribution >= 0.6 is 0 Å². The molecule has 0 spiro atoms. The Hall–Kier alpha value is -2.70. The van der Waals surface area contributed by atoms with Gasteiger partial charge in [-0.3, -0.25) is 4.90 Å². The summed E-state index contributed by atoms with van der Waals surface area (Å²) in [5.41, 5.74) is 2.92. The van der Waals surface area contributed by atoms with E-state index in [-0.39, 0.29) is 11.9 Å². The molecule has 1 atom stereocenters. The first kappa shape index (κ1) is 24.4. The van der Waals surface area contributed by atoms with E-state index in [1.807, 2.05) is 35.0 Å². The molecule has 1 N–H and O–H groups in total. The first-order chi connectivity index (χ1) is 16.6. The van der Waals surface area contributed by atoms with Crippen molar-refractivity contribution in [1.82, 2.24) is 14.7 Å². The van der Waals surface area contributed by atoms with Gasteiger partial charge in [0.25, 0.3) is 0 Å². The zero-order valence-electron chi connectivity index (χ0n) is 20.3. The topological polar surface area (TPSA) is 50.5 Å². The predicted molar refractivity (Wildman–Crippen MR) is 133 cm³/mol. The Kier molecular flexibility index (Phi) is 8.35. The number of aryl methyl sites for hydroxylation is 1. The van der Waals surface area contributed by atoms with Gasteiger partial charge in [-0.1, -0.05) is 44.9 Å². The number of para-hydroxylation sites is 1. The van der Waals surface area contributed by atoms with Crippen molar-refractivity contribution in [2.45, 2.75) is 65.0 Å². The second kappa shape index (κ2) is 11.6. The van der Waals surface area contributed by atoms with Crippen LogP contribution in [0, 0.1) is 11.7 Å². The molecule has 0 radical (unpaired) electrons. The molecule has 2 aromatic carbocycles. The summed E-state index contributed by atoms with van der Waals surface area (Å²) in [5.74, 6) is 1.63. The number of aliphatic hydroxyl groups excluding tert-OH is 1. The van der Waals surface area contributed by atoms with Crippen LogP contribution < -0.4 is 4.74 Å². The monoisotopic (exact) mass is 465 g/mol. The normalized spacial score (nSPS) is 14.5. The summed E-state index contributed by atoms with van der Waals surface area (Å²) in [4.78, 5) is 2.36. The van der Waals surface area contributed by atoms with Gasteiger partial charge in [0.2, 0.25) is 5.88 Å². The zero-order chi connectivity index (χ0) is 23.9. The summed E-state index contributed by atoms with van der Waals surface area (Å²) in [6.07, 6.45) is 5.87. The SMILES string of the molecule is CCCCC(O)CN(Cc1c(CC)nn(-c2ccccc2)c1Oc1ccc(F)cc1)CC1CC1. The summed E-state index contributed by atoms with van der Waals surface area (Å²) in [7, 11) is 0. The van der Waals surface area contributed by atoms with Gasteiger partial charge < -0.3 is 9.84 Å². The van der Waals surface area contributed by atoms with Crippen LogP contribution in [0.15, 0.2) is 54.6 Å². The Morgan fingerprint density at radius 2 is 1.85 bits per heavy atom. The van der Waals surface area contributed by atoms with Crippen molar-refractivity contribution in [3.05, 3.63) is 71.7 Å². The largest absolute Gasteiger partial charge is 0.439 e. The first-order valence-corrected chi connectivity index (χ1v) is 12.6. The molecule has 1 aliphatic carbocycles. The molecule has 6 heteroatoms. The highest BCUT2D eigenvalue weighted by Gasteiger charge is 2.28. The van der Waals surface area contributed by atoms with E-state index in [2.05, 4.69) is 18.7 Å². The van der Waals surface area contributed by atoms with Gasteiger partial charge in [0.05, 0.1) is 23.0 Å². The molecule has 1 fully saturated rings. The van der Waals surface area contributed by atoms with Gasteiger partial charge in [0, 0.05) is 19.6 Å². The summed E-state index contributed by atoms with van der Waals surface area (Å²) < 4.78 is 21.7. The fourth-order valence-electron chi connectivity index (χ4n) is 4.31. The molecule has 34 heavy (non-hydrogen) atoms. The second-order valence-electron chi connectivity index (χ2n) is 9.32. The van der Waals surface area contributed by atoms with Gasteiger partial charge in [-0.15, -0.1) is 0 Å². The number of benzene rings is 2. The number of aliphatic hydroxyl groups is 1. The van der Waals surface area contributed by atoms with Crippen molar-refractivity contribution in [2.24, 2.45) is 5.92 Å². The highest BCUT2D eigenvalue weighted by atomic mass is 19.1. The highest BCUT2D eigenvalue weighted by molar-refractivity contribution is 5.43. The van der Waals surface area contributed by atoms with Crippen LogP contribution in [0.2, 0.25) is 0 Å². The second-order valence-corrected chi connectivity index (χ2v) is 9.32. The lowest BCUT2D eigenvalue weighted by Crippen LogP contribution is -2.34. The summed E-state index contributed by atoms with van der Waals surface area (Å²) >= 11 is 0. The van der Waals surface area contributed by atoms with Crippen LogP contribution in [0.4, 0.5) is 4.39 Å². The molecule has 5 nitrogen and oxygen atoms in total. The van der Waals surface area contributed by atoms with Crippen molar-refractivity contribution >= 4 is 0 Å². The van der Waals surface area contributed by atoms with Crippen LogP contribution in [-0.2, 0) is 13.0 Å². The fourth-order valence-corrected chi connectivity index (χ4v) is 4.31. The van der Waals surface area contributed by atoms with Crippen LogP contribution in [0.25, 0.3) is 5.69 Å². The molecule has 182 valence electrons. The number of nitrogens with zero attached hydrogens (tertiary/aromatic N) is 3. The minimum absolute atomic E-state index is 0.296. The molecule has 0 amide bonds. The number of halogens is 1. The van der Waals surface area contributed by atoms with E-state index >= 15 is 0 Å². The van der Waals surface area contributed by atoms with Crippen molar-refractivity contribution in [2.75, 3.05) is 13.1 Å². The van der Waals surface area contributed by atoms with E-state index in [1.54, 1.807) is 12.1 Å². The summed E-state index contributed by atoms with van der Waals surface area (Å²) in [6.45, 7) is 6.53. The maximum absolute atomic E-state index is 13.5. The van der Waals surface area contributed by atoms with E-state index in [1.165, 1.54) is 25.0 Å². The maximum atomic E-state index is 13.5. The maximum Gasteiger partial charge on any atom is 0.227 e. The molecule has 3 aromatic rings. The zero-order valence-corrected chi connectivity index (χ0v) is 20.3. The number of hydrogen-bond donors (Lipinski definition) is 1. The Morgan fingerprint density at radius 1 is 1.12 bits per heavy atom. The fraction of sp³-hybridized carbons (Fsp3) is 0.464. The third-order valence-corrected chi connectivity index (χ3v) is 6.34. The summed E-state index contributed by atoms with van der Waals surface area (Å²) in [6, 6.07) is 16.0. The number of aromatic nitrogens is 2. The molecule has 1 unspecified atom stereocenters.